The maximum atomic E-state index is 11.0. The third-order valence-corrected chi connectivity index (χ3v) is 4.16. The van der Waals surface area contributed by atoms with Crippen LogP contribution in [0.5, 0.6) is 0 Å². The van der Waals surface area contributed by atoms with Crippen LogP contribution < -0.4 is 11.1 Å². The van der Waals surface area contributed by atoms with E-state index < -0.39 is 5.91 Å². The molecule has 2 unspecified atom stereocenters. The zero-order valence-electron chi connectivity index (χ0n) is 12.7. The average molecular weight is 292 g/mol. The van der Waals surface area contributed by atoms with E-state index in [-0.39, 0.29) is 5.69 Å². The molecule has 0 radical (unpaired) electrons. The van der Waals surface area contributed by atoms with Gasteiger partial charge in [-0.1, -0.05) is 26.7 Å². The van der Waals surface area contributed by atoms with Crippen molar-refractivity contribution in [3.8, 4) is 0 Å². The molecule has 2 rings (SSSR count). The summed E-state index contributed by atoms with van der Waals surface area (Å²) in [6.45, 7) is 5.19. The highest BCUT2D eigenvalue weighted by Gasteiger charge is 2.27. The lowest BCUT2D eigenvalue weighted by molar-refractivity contribution is -0.0271. The van der Waals surface area contributed by atoms with Crippen molar-refractivity contribution in [2.24, 2.45) is 11.7 Å². The summed E-state index contributed by atoms with van der Waals surface area (Å²) in [4.78, 5) is 11.0. The van der Waals surface area contributed by atoms with Gasteiger partial charge in [-0.05, 0) is 30.9 Å². The number of carbonyl (C=O) groups excluding carboxylic acids is 1. The number of nitrogens with one attached hydrogen (secondary N) is 1. The SMILES string of the molecule is CCC(CC)C1CC(Nc2ccc(C(N)=O)nn2)CCO1. The molecule has 0 bridgehead atoms. The Bertz CT molecular complexity index is 459. The summed E-state index contributed by atoms with van der Waals surface area (Å²) in [6, 6.07) is 3.67. The second-order valence-corrected chi connectivity index (χ2v) is 5.52. The third kappa shape index (κ3) is 4.14. The minimum absolute atomic E-state index is 0.183. The fraction of sp³-hybridized carbons (Fsp3) is 0.667. The summed E-state index contributed by atoms with van der Waals surface area (Å²) < 4.78 is 5.90. The van der Waals surface area contributed by atoms with Crippen LogP contribution in [-0.4, -0.2) is 34.9 Å². The number of carbonyl (C=O) groups is 1. The zero-order valence-corrected chi connectivity index (χ0v) is 12.7. The molecule has 3 N–H and O–H groups in total. The maximum absolute atomic E-state index is 11.0. The monoisotopic (exact) mass is 292 g/mol. The van der Waals surface area contributed by atoms with Crippen molar-refractivity contribution in [2.75, 3.05) is 11.9 Å². The Labute approximate surface area is 125 Å². The maximum Gasteiger partial charge on any atom is 0.269 e. The van der Waals surface area contributed by atoms with Crippen molar-refractivity contribution < 1.29 is 9.53 Å². The minimum Gasteiger partial charge on any atom is -0.378 e. The van der Waals surface area contributed by atoms with Crippen LogP contribution in [0.1, 0.15) is 50.0 Å². The van der Waals surface area contributed by atoms with Crippen LogP contribution >= 0.6 is 0 Å². The fourth-order valence-electron chi connectivity index (χ4n) is 2.85. The molecule has 0 aromatic carbocycles. The topological polar surface area (TPSA) is 90.1 Å². The molecular weight excluding hydrogens is 268 g/mol. The summed E-state index contributed by atoms with van der Waals surface area (Å²) in [6.07, 6.45) is 4.52. The summed E-state index contributed by atoms with van der Waals surface area (Å²) in [5.74, 6) is 0.724. The first kappa shape index (κ1) is 15.7. The van der Waals surface area contributed by atoms with Gasteiger partial charge in [0.2, 0.25) is 0 Å². The van der Waals surface area contributed by atoms with Gasteiger partial charge in [0.25, 0.3) is 5.91 Å². The van der Waals surface area contributed by atoms with Gasteiger partial charge in [-0.3, -0.25) is 4.79 Å². The summed E-state index contributed by atoms with van der Waals surface area (Å²) in [5.41, 5.74) is 5.33. The molecular formula is C15H24N4O2. The summed E-state index contributed by atoms with van der Waals surface area (Å²) in [7, 11) is 0. The van der Waals surface area contributed by atoms with E-state index in [2.05, 4.69) is 29.4 Å². The largest absolute Gasteiger partial charge is 0.378 e. The molecule has 0 aliphatic carbocycles. The lowest BCUT2D eigenvalue weighted by atomic mass is 9.89. The van der Waals surface area contributed by atoms with Crippen molar-refractivity contribution in [2.45, 2.75) is 51.7 Å². The molecule has 21 heavy (non-hydrogen) atoms. The second kappa shape index (κ2) is 7.36. The molecule has 0 spiro atoms. The number of rotatable bonds is 6. The predicted octanol–water partition coefficient (Wildman–Crippen LogP) is 1.97. The predicted molar refractivity (Wildman–Crippen MR) is 81.0 cm³/mol. The van der Waals surface area contributed by atoms with Gasteiger partial charge in [0.15, 0.2) is 5.69 Å². The molecule has 116 valence electrons. The standard InChI is InChI=1S/C15H24N4O2/c1-3-10(4-2)13-9-11(7-8-21-13)17-14-6-5-12(15(16)20)18-19-14/h5-6,10-11,13H,3-4,7-9H2,1-2H3,(H2,16,20)(H,17,19). The van der Waals surface area contributed by atoms with E-state index in [4.69, 9.17) is 10.5 Å². The van der Waals surface area contributed by atoms with Gasteiger partial charge in [0, 0.05) is 12.6 Å². The van der Waals surface area contributed by atoms with E-state index in [0.717, 1.165) is 32.3 Å². The molecule has 2 atom stereocenters. The molecule has 1 saturated heterocycles. The number of anilines is 1. The zero-order chi connectivity index (χ0) is 15.2. The molecule has 1 aromatic rings. The van der Waals surface area contributed by atoms with Gasteiger partial charge in [0.1, 0.15) is 5.82 Å². The Balaban J connectivity index is 1.94. The number of hydrogen-bond acceptors (Lipinski definition) is 5. The first-order chi connectivity index (χ1) is 10.1. The van der Waals surface area contributed by atoms with E-state index in [9.17, 15) is 4.79 Å². The summed E-state index contributed by atoms with van der Waals surface area (Å²) in [5, 5.41) is 11.2. The highest BCUT2D eigenvalue weighted by Crippen LogP contribution is 2.26. The van der Waals surface area contributed by atoms with E-state index >= 15 is 0 Å². The Morgan fingerprint density at radius 3 is 2.76 bits per heavy atom. The Morgan fingerprint density at radius 2 is 2.19 bits per heavy atom. The number of nitrogens with two attached hydrogens (primary N) is 1. The quantitative estimate of drug-likeness (QED) is 0.836. The first-order valence-electron chi connectivity index (χ1n) is 7.65. The lowest BCUT2D eigenvalue weighted by Gasteiger charge is -2.34. The minimum atomic E-state index is -0.561. The van der Waals surface area contributed by atoms with Crippen molar-refractivity contribution in [3.63, 3.8) is 0 Å². The molecule has 1 fully saturated rings. The average Bonchev–Trinajstić information content (AvgIpc) is 2.49. The fourth-order valence-corrected chi connectivity index (χ4v) is 2.85. The molecule has 6 nitrogen and oxygen atoms in total. The number of primary amides is 1. The van der Waals surface area contributed by atoms with Gasteiger partial charge >= 0.3 is 0 Å². The van der Waals surface area contributed by atoms with Gasteiger partial charge in [0.05, 0.1) is 6.10 Å². The van der Waals surface area contributed by atoms with E-state index in [1.165, 1.54) is 0 Å². The van der Waals surface area contributed by atoms with Crippen LogP contribution in [0.4, 0.5) is 5.82 Å². The highest BCUT2D eigenvalue weighted by molar-refractivity contribution is 5.90. The van der Waals surface area contributed by atoms with Crippen LogP contribution in [0, 0.1) is 5.92 Å². The number of aromatic nitrogens is 2. The third-order valence-electron chi connectivity index (χ3n) is 4.16. The number of hydrogen-bond donors (Lipinski definition) is 2. The van der Waals surface area contributed by atoms with Crippen LogP contribution in [0.15, 0.2) is 12.1 Å². The molecule has 6 heteroatoms. The van der Waals surface area contributed by atoms with Gasteiger partial charge < -0.3 is 15.8 Å². The number of ether oxygens (including phenoxy) is 1. The van der Waals surface area contributed by atoms with Crippen LogP contribution in [0.25, 0.3) is 0 Å². The van der Waals surface area contributed by atoms with Crippen molar-refractivity contribution in [3.05, 3.63) is 17.8 Å². The molecule has 1 amide bonds. The van der Waals surface area contributed by atoms with E-state index in [1.54, 1.807) is 12.1 Å². The van der Waals surface area contributed by atoms with Crippen molar-refractivity contribution in [1.29, 1.82) is 0 Å². The van der Waals surface area contributed by atoms with Crippen molar-refractivity contribution >= 4 is 11.7 Å². The molecule has 1 aliphatic rings. The number of nitrogens with zero attached hydrogens (tertiary/aromatic N) is 2. The smallest absolute Gasteiger partial charge is 0.269 e. The Kier molecular flexibility index (Phi) is 5.50. The van der Waals surface area contributed by atoms with E-state index in [1.807, 2.05) is 0 Å². The second-order valence-electron chi connectivity index (χ2n) is 5.52. The number of amides is 1. The molecule has 0 saturated carbocycles. The Morgan fingerprint density at radius 1 is 1.43 bits per heavy atom. The van der Waals surface area contributed by atoms with Gasteiger partial charge in [-0.15, -0.1) is 10.2 Å². The normalized spacial score (nSPS) is 22.2. The van der Waals surface area contributed by atoms with Crippen LogP contribution in [0.3, 0.4) is 0 Å². The molecule has 1 aromatic heterocycles. The van der Waals surface area contributed by atoms with E-state index in [0.29, 0.717) is 23.9 Å². The first-order valence-corrected chi connectivity index (χ1v) is 7.65. The summed E-state index contributed by atoms with van der Waals surface area (Å²) >= 11 is 0. The van der Waals surface area contributed by atoms with Crippen LogP contribution in [0.2, 0.25) is 0 Å². The molecule has 1 aliphatic heterocycles. The van der Waals surface area contributed by atoms with Crippen molar-refractivity contribution in [1.82, 2.24) is 10.2 Å². The molecule has 2 heterocycles. The lowest BCUT2D eigenvalue weighted by Crippen LogP contribution is -2.38. The Hall–Kier alpha value is -1.69. The highest BCUT2D eigenvalue weighted by atomic mass is 16.5. The van der Waals surface area contributed by atoms with Crippen LogP contribution in [-0.2, 0) is 4.74 Å². The van der Waals surface area contributed by atoms with Gasteiger partial charge in [-0.2, -0.15) is 0 Å². The van der Waals surface area contributed by atoms with Gasteiger partial charge in [-0.25, -0.2) is 0 Å².